The van der Waals surface area contributed by atoms with Gasteiger partial charge in [-0.25, -0.2) is 0 Å². The van der Waals surface area contributed by atoms with Crippen LogP contribution in [0.15, 0.2) is 59.6 Å². The molecule has 0 aliphatic rings. The number of guanidine groups is 1. The van der Waals surface area contributed by atoms with E-state index in [2.05, 4.69) is 10.3 Å². The van der Waals surface area contributed by atoms with E-state index in [-0.39, 0.29) is 0 Å². The zero-order chi connectivity index (χ0) is 16.3. The summed E-state index contributed by atoms with van der Waals surface area (Å²) in [6.45, 7) is 1.87. The van der Waals surface area contributed by atoms with E-state index < -0.39 is 0 Å². The quantitative estimate of drug-likeness (QED) is 0.446. The van der Waals surface area contributed by atoms with E-state index in [9.17, 15) is 0 Å². The molecule has 3 N–H and O–H groups in total. The average molecular weight is 313 g/mol. The molecular weight excluding hydrogens is 290 g/mol. The molecule has 5 heteroatoms. The number of nitrogens with two attached hydrogens (primary N) is 1. The van der Waals surface area contributed by atoms with E-state index in [1.807, 2.05) is 54.6 Å². The van der Waals surface area contributed by atoms with Crippen LogP contribution in [0, 0.1) is 0 Å². The van der Waals surface area contributed by atoms with Gasteiger partial charge in [-0.1, -0.05) is 30.3 Å². The normalized spacial score (nSPS) is 11.3. The van der Waals surface area contributed by atoms with Crippen molar-refractivity contribution in [1.29, 1.82) is 0 Å². The highest BCUT2D eigenvalue weighted by Crippen LogP contribution is 2.11. The fourth-order valence-corrected chi connectivity index (χ4v) is 1.99. The van der Waals surface area contributed by atoms with Crippen molar-refractivity contribution < 1.29 is 9.47 Å². The van der Waals surface area contributed by atoms with Gasteiger partial charge in [-0.3, -0.25) is 4.99 Å². The summed E-state index contributed by atoms with van der Waals surface area (Å²) >= 11 is 0. The molecule has 2 aromatic rings. The molecule has 0 aromatic heterocycles. The average Bonchev–Trinajstić information content (AvgIpc) is 2.59. The van der Waals surface area contributed by atoms with Crippen LogP contribution >= 0.6 is 0 Å². The standard InChI is InChI=1S/C18H23N3O2/c1-22-17-10-8-15(9-11-17)14-23-13-5-12-20-18(19)21-16-6-3-2-4-7-16/h2-4,6-11H,5,12-14H2,1H3,(H3,19,20,21). The minimum absolute atomic E-state index is 0.423. The van der Waals surface area contributed by atoms with E-state index in [0.29, 0.717) is 25.7 Å². The van der Waals surface area contributed by atoms with Crippen LogP contribution in [0.3, 0.4) is 0 Å². The molecule has 0 heterocycles. The predicted molar refractivity (Wildman–Crippen MR) is 93.8 cm³/mol. The first-order valence-corrected chi connectivity index (χ1v) is 7.60. The van der Waals surface area contributed by atoms with E-state index in [0.717, 1.165) is 23.4 Å². The molecule has 23 heavy (non-hydrogen) atoms. The van der Waals surface area contributed by atoms with Crippen LogP contribution in [0.5, 0.6) is 5.75 Å². The van der Waals surface area contributed by atoms with Gasteiger partial charge in [-0.05, 0) is 36.2 Å². The lowest BCUT2D eigenvalue weighted by molar-refractivity contribution is 0.120. The second kappa shape index (κ2) is 9.48. The summed E-state index contributed by atoms with van der Waals surface area (Å²) in [4.78, 5) is 4.27. The lowest BCUT2D eigenvalue weighted by atomic mass is 10.2. The van der Waals surface area contributed by atoms with Gasteiger partial charge in [-0.15, -0.1) is 0 Å². The number of anilines is 1. The predicted octanol–water partition coefficient (Wildman–Crippen LogP) is 3.03. The van der Waals surface area contributed by atoms with Crippen molar-refractivity contribution in [2.75, 3.05) is 25.6 Å². The Morgan fingerprint density at radius 1 is 1.09 bits per heavy atom. The Hall–Kier alpha value is -2.53. The largest absolute Gasteiger partial charge is 0.497 e. The van der Waals surface area contributed by atoms with Crippen molar-refractivity contribution >= 4 is 11.6 Å². The summed E-state index contributed by atoms with van der Waals surface area (Å²) in [6.07, 6.45) is 0.827. The van der Waals surface area contributed by atoms with Gasteiger partial charge in [0.05, 0.1) is 13.7 Å². The molecular formula is C18H23N3O2. The molecule has 0 radical (unpaired) electrons. The molecule has 0 atom stereocenters. The van der Waals surface area contributed by atoms with Gasteiger partial charge in [0.15, 0.2) is 5.96 Å². The minimum atomic E-state index is 0.423. The lowest BCUT2D eigenvalue weighted by Crippen LogP contribution is -2.22. The number of benzene rings is 2. The van der Waals surface area contributed by atoms with Crippen molar-refractivity contribution in [1.82, 2.24) is 0 Å². The number of methoxy groups -OCH3 is 1. The fraction of sp³-hybridized carbons (Fsp3) is 0.278. The number of para-hydroxylation sites is 1. The van der Waals surface area contributed by atoms with E-state index in [4.69, 9.17) is 15.2 Å². The fourth-order valence-electron chi connectivity index (χ4n) is 1.99. The SMILES string of the molecule is COc1ccc(COCCCN=C(N)Nc2ccccc2)cc1. The molecule has 0 aliphatic heterocycles. The Morgan fingerprint density at radius 3 is 2.52 bits per heavy atom. The summed E-state index contributed by atoms with van der Waals surface area (Å²) < 4.78 is 10.7. The first-order valence-electron chi connectivity index (χ1n) is 7.60. The summed E-state index contributed by atoms with van der Waals surface area (Å²) in [5, 5.41) is 3.04. The summed E-state index contributed by atoms with van der Waals surface area (Å²) in [5.41, 5.74) is 7.88. The second-order valence-corrected chi connectivity index (χ2v) is 5.01. The van der Waals surface area contributed by atoms with Gasteiger partial charge in [0.25, 0.3) is 0 Å². The molecule has 0 aliphatic carbocycles. The lowest BCUT2D eigenvalue weighted by Gasteiger charge is -2.06. The van der Waals surface area contributed by atoms with Crippen LogP contribution in [0.1, 0.15) is 12.0 Å². The highest BCUT2D eigenvalue weighted by Gasteiger charge is 1.96. The van der Waals surface area contributed by atoms with Crippen LogP contribution in [-0.2, 0) is 11.3 Å². The molecule has 0 fully saturated rings. The Morgan fingerprint density at radius 2 is 1.83 bits per heavy atom. The third-order valence-corrected chi connectivity index (χ3v) is 3.20. The van der Waals surface area contributed by atoms with Gasteiger partial charge in [0.1, 0.15) is 5.75 Å². The van der Waals surface area contributed by atoms with Crippen molar-refractivity contribution in [3.63, 3.8) is 0 Å². The Labute approximate surface area is 137 Å². The van der Waals surface area contributed by atoms with Crippen molar-refractivity contribution in [3.8, 4) is 5.75 Å². The molecule has 5 nitrogen and oxygen atoms in total. The zero-order valence-corrected chi connectivity index (χ0v) is 13.4. The maximum atomic E-state index is 5.83. The number of rotatable bonds is 8. The van der Waals surface area contributed by atoms with Gasteiger partial charge in [-0.2, -0.15) is 0 Å². The van der Waals surface area contributed by atoms with Crippen LogP contribution in [-0.4, -0.2) is 26.2 Å². The molecule has 0 unspecified atom stereocenters. The zero-order valence-electron chi connectivity index (χ0n) is 13.4. The van der Waals surface area contributed by atoms with E-state index in [1.54, 1.807) is 7.11 Å². The Kier molecular flexibility index (Phi) is 6.94. The van der Waals surface area contributed by atoms with Gasteiger partial charge >= 0.3 is 0 Å². The topological polar surface area (TPSA) is 68.9 Å². The van der Waals surface area contributed by atoms with Crippen molar-refractivity contribution in [2.45, 2.75) is 13.0 Å². The van der Waals surface area contributed by atoms with Crippen LogP contribution in [0.25, 0.3) is 0 Å². The van der Waals surface area contributed by atoms with Crippen LogP contribution in [0.2, 0.25) is 0 Å². The number of hydrogen-bond acceptors (Lipinski definition) is 3. The Bertz CT molecular complexity index is 597. The third-order valence-electron chi connectivity index (χ3n) is 3.20. The van der Waals surface area contributed by atoms with Crippen LogP contribution in [0.4, 0.5) is 5.69 Å². The third kappa shape index (κ3) is 6.40. The van der Waals surface area contributed by atoms with Gasteiger partial charge in [0, 0.05) is 18.8 Å². The van der Waals surface area contributed by atoms with Gasteiger partial charge in [0.2, 0.25) is 0 Å². The summed E-state index contributed by atoms with van der Waals surface area (Å²) in [5.74, 6) is 1.27. The van der Waals surface area contributed by atoms with Crippen molar-refractivity contribution in [2.24, 2.45) is 10.7 Å². The monoisotopic (exact) mass is 313 g/mol. The van der Waals surface area contributed by atoms with Gasteiger partial charge < -0.3 is 20.5 Å². The molecule has 122 valence electrons. The molecule has 2 rings (SSSR count). The maximum Gasteiger partial charge on any atom is 0.193 e. The minimum Gasteiger partial charge on any atom is -0.497 e. The number of nitrogens with zero attached hydrogens (tertiary/aromatic N) is 1. The second-order valence-electron chi connectivity index (χ2n) is 5.01. The molecule has 0 spiro atoms. The number of hydrogen-bond donors (Lipinski definition) is 2. The molecule has 0 saturated carbocycles. The molecule has 0 saturated heterocycles. The molecule has 2 aromatic carbocycles. The highest BCUT2D eigenvalue weighted by molar-refractivity contribution is 5.92. The first-order chi connectivity index (χ1) is 11.3. The van der Waals surface area contributed by atoms with Crippen molar-refractivity contribution in [3.05, 3.63) is 60.2 Å². The first kappa shape index (κ1) is 16.8. The smallest absolute Gasteiger partial charge is 0.193 e. The molecule has 0 amide bonds. The van der Waals surface area contributed by atoms with E-state index in [1.165, 1.54) is 0 Å². The number of aliphatic imine (C=N–C) groups is 1. The molecule has 0 bridgehead atoms. The van der Waals surface area contributed by atoms with E-state index >= 15 is 0 Å². The highest BCUT2D eigenvalue weighted by atomic mass is 16.5. The summed E-state index contributed by atoms with van der Waals surface area (Å²) in [7, 11) is 1.66. The number of nitrogens with one attached hydrogen (secondary N) is 1. The number of ether oxygens (including phenoxy) is 2. The summed E-state index contributed by atoms with van der Waals surface area (Å²) in [6, 6.07) is 17.6. The van der Waals surface area contributed by atoms with Crippen LogP contribution < -0.4 is 15.8 Å². The maximum absolute atomic E-state index is 5.83. The Balaban J connectivity index is 1.60.